The lowest BCUT2D eigenvalue weighted by molar-refractivity contribution is 0.180. The quantitative estimate of drug-likeness (QED) is 0.936. The molecule has 0 spiro atoms. The molecule has 1 heterocycles. The van der Waals surface area contributed by atoms with E-state index in [-0.39, 0.29) is 10.9 Å². The zero-order valence-electron chi connectivity index (χ0n) is 10.6. The van der Waals surface area contributed by atoms with Crippen molar-refractivity contribution in [2.75, 3.05) is 0 Å². The molecule has 1 unspecified atom stereocenters. The number of aliphatic hydroxyl groups is 1. The maximum atomic E-state index is 13.1. The fraction of sp³-hybridized carbons (Fsp3) is 0.385. The summed E-state index contributed by atoms with van der Waals surface area (Å²) in [6.45, 7) is 4.00. The summed E-state index contributed by atoms with van der Waals surface area (Å²) >= 11 is 6.92. The third-order valence-corrected chi connectivity index (χ3v) is 3.93. The van der Waals surface area contributed by atoms with E-state index in [2.05, 4.69) is 9.59 Å². The molecule has 0 aliphatic heterocycles. The second kappa shape index (κ2) is 5.94. The Kier molecular flexibility index (Phi) is 4.50. The molecule has 19 heavy (non-hydrogen) atoms. The van der Waals surface area contributed by atoms with Gasteiger partial charge in [-0.3, -0.25) is 0 Å². The Morgan fingerprint density at radius 3 is 2.79 bits per heavy atom. The maximum absolute atomic E-state index is 13.1. The van der Waals surface area contributed by atoms with E-state index in [0.717, 1.165) is 16.1 Å². The van der Waals surface area contributed by atoms with Crippen LogP contribution in [0.5, 0.6) is 0 Å². The minimum absolute atomic E-state index is 0.0659. The van der Waals surface area contributed by atoms with Crippen molar-refractivity contribution in [2.24, 2.45) is 0 Å². The lowest BCUT2D eigenvalue weighted by Crippen LogP contribution is -2.04. The Balaban J connectivity index is 2.18. The Hall–Kier alpha value is -1.04. The smallest absolute Gasteiger partial charge is 0.141 e. The van der Waals surface area contributed by atoms with Gasteiger partial charge in [-0.25, -0.2) is 4.39 Å². The molecule has 1 aromatic heterocycles. The van der Waals surface area contributed by atoms with Gasteiger partial charge in [0, 0.05) is 6.42 Å². The summed E-state index contributed by atoms with van der Waals surface area (Å²) in [5.74, 6) is -0.248. The molecule has 6 heteroatoms. The molecule has 0 amide bonds. The first-order valence-corrected chi connectivity index (χ1v) is 7.08. The van der Waals surface area contributed by atoms with Gasteiger partial charge in [0.05, 0.1) is 21.7 Å². The standard InChI is InChI=1S/C13H14ClFN2OS/c1-7(2)12-13(19-17-16-12)11(18)6-8-3-4-10(15)9(14)5-8/h3-5,7,11,18H,6H2,1-2H3. The highest BCUT2D eigenvalue weighted by atomic mass is 35.5. The van der Waals surface area contributed by atoms with Crippen LogP contribution in [0.1, 0.15) is 42.0 Å². The Morgan fingerprint density at radius 1 is 1.42 bits per heavy atom. The molecule has 0 saturated heterocycles. The molecule has 2 aromatic rings. The highest BCUT2D eigenvalue weighted by molar-refractivity contribution is 7.05. The molecule has 1 aromatic carbocycles. The molecule has 0 aliphatic carbocycles. The molecule has 0 bridgehead atoms. The van der Waals surface area contributed by atoms with Gasteiger partial charge in [-0.1, -0.05) is 36.0 Å². The fourth-order valence-electron chi connectivity index (χ4n) is 1.82. The van der Waals surface area contributed by atoms with E-state index in [0.29, 0.717) is 6.42 Å². The summed E-state index contributed by atoms with van der Waals surface area (Å²) in [4.78, 5) is 0.760. The van der Waals surface area contributed by atoms with E-state index < -0.39 is 11.9 Å². The lowest BCUT2D eigenvalue weighted by atomic mass is 10.0. The van der Waals surface area contributed by atoms with Crippen LogP contribution >= 0.6 is 23.1 Å². The topological polar surface area (TPSA) is 46.0 Å². The monoisotopic (exact) mass is 300 g/mol. The average molecular weight is 301 g/mol. The summed E-state index contributed by atoms with van der Waals surface area (Å²) in [5, 5.41) is 14.3. The number of aromatic nitrogens is 2. The summed E-state index contributed by atoms with van der Waals surface area (Å²) in [7, 11) is 0. The summed E-state index contributed by atoms with van der Waals surface area (Å²) in [6.07, 6.45) is -0.331. The van der Waals surface area contributed by atoms with Crippen molar-refractivity contribution >= 4 is 23.1 Å². The van der Waals surface area contributed by atoms with Gasteiger partial charge in [0.25, 0.3) is 0 Å². The summed E-state index contributed by atoms with van der Waals surface area (Å²) in [5.41, 5.74) is 1.59. The number of nitrogens with zero attached hydrogens (tertiary/aromatic N) is 2. The fourth-order valence-corrected chi connectivity index (χ4v) is 2.81. The van der Waals surface area contributed by atoms with Crippen LogP contribution in [-0.4, -0.2) is 14.7 Å². The van der Waals surface area contributed by atoms with Crippen molar-refractivity contribution in [3.8, 4) is 0 Å². The zero-order valence-corrected chi connectivity index (χ0v) is 12.2. The van der Waals surface area contributed by atoms with Gasteiger partial charge in [0.2, 0.25) is 0 Å². The molecule has 1 atom stereocenters. The van der Waals surface area contributed by atoms with Gasteiger partial charge >= 0.3 is 0 Å². The number of rotatable bonds is 4. The number of hydrogen-bond donors (Lipinski definition) is 1. The van der Waals surface area contributed by atoms with E-state index in [9.17, 15) is 9.50 Å². The van der Waals surface area contributed by atoms with Crippen LogP contribution in [0.25, 0.3) is 0 Å². The molecule has 2 rings (SSSR count). The van der Waals surface area contributed by atoms with Crippen molar-refractivity contribution in [2.45, 2.75) is 32.3 Å². The first-order valence-electron chi connectivity index (χ1n) is 5.93. The molecule has 0 aliphatic rings. The summed E-state index contributed by atoms with van der Waals surface area (Å²) < 4.78 is 17.0. The Morgan fingerprint density at radius 2 is 2.16 bits per heavy atom. The predicted octanol–water partition coefficient (Wildman–Crippen LogP) is 3.73. The van der Waals surface area contributed by atoms with Gasteiger partial charge in [0.1, 0.15) is 5.82 Å². The highest BCUT2D eigenvalue weighted by Gasteiger charge is 2.19. The third kappa shape index (κ3) is 3.29. The average Bonchev–Trinajstić information content (AvgIpc) is 2.83. The zero-order chi connectivity index (χ0) is 14.0. The SMILES string of the molecule is CC(C)c1nnsc1C(O)Cc1ccc(F)c(Cl)c1. The molecule has 0 radical (unpaired) electrons. The molecule has 1 N–H and O–H groups in total. The van der Waals surface area contributed by atoms with Gasteiger partial charge in [-0.15, -0.1) is 5.10 Å². The minimum atomic E-state index is -0.695. The minimum Gasteiger partial charge on any atom is -0.387 e. The molecule has 0 saturated carbocycles. The van der Waals surface area contributed by atoms with Crippen LogP contribution in [0, 0.1) is 5.82 Å². The van der Waals surface area contributed by atoms with Crippen molar-refractivity contribution in [3.63, 3.8) is 0 Å². The molecule has 3 nitrogen and oxygen atoms in total. The van der Waals surface area contributed by atoms with Crippen LogP contribution in [0.15, 0.2) is 18.2 Å². The predicted molar refractivity (Wildman–Crippen MR) is 74.1 cm³/mol. The number of halogens is 2. The van der Waals surface area contributed by atoms with E-state index in [1.807, 2.05) is 13.8 Å². The number of hydrogen-bond acceptors (Lipinski definition) is 4. The molecule has 0 fully saturated rings. The van der Waals surface area contributed by atoms with Gasteiger partial charge in [0.15, 0.2) is 0 Å². The van der Waals surface area contributed by atoms with Crippen molar-refractivity contribution in [1.82, 2.24) is 9.59 Å². The first-order chi connectivity index (χ1) is 8.99. The third-order valence-electron chi connectivity index (χ3n) is 2.80. The van der Waals surface area contributed by atoms with Gasteiger partial charge in [-0.2, -0.15) is 0 Å². The maximum Gasteiger partial charge on any atom is 0.141 e. The van der Waals surface area contributed by atoms with E-state index in [1.165, 1.54) is 23.7 Å². The van der Waals surface area contributed by atoms with Crippen molar-refractivity contribution < 1.29 is 9.50 Å². The van der Waals surface area contributed by atoms with Crippen molar-refractivity contribution in [1.29, 1.82) is 0 Å². The highest BCUT2D eigenvalue weighted by Crippen LogP contribution is 2.29. The number of benzene rings is 1. The van der Waals surface area contributed by atoms with Crippen molar-refractivity contribution in [3.05, 3.63) is 45.2 Å². The lowest BCUT2D eigenvalue weighted by Gasteiger charge is -2.11. The van der Waals surface area contributed by atoms with E-state index in [1.54, 1.807) is 6.07 Å². The molecular weight excluding hydrogens is 287 g/mol. The van der Waals surface area contributed by atoms with Crippen LogP contribution < -0.4 is 0 Å². The van der Waals surface area contributed by atoms with Gasteiger partial charge in [-0.05, 0) is 35.1 Å². The van der Waals surface area contributed by atoms with E-state index >= 15 is 0 Å². The second-order valence-electron chi connectivity index (χ2n) is 4.65. The second-order valence-corrected chi connectivity index (χ2v) is 5.84. The Bertz CT molecular complexity index is 574. The Labute approximate surface area is 120 Å². The van der Waals surface area contributed by atoms with E-state index in [4.69, 9.17) is 11.6 Å². The number of aliphatic hydroxyl groups excluding tert-OH is 1. The van der Waals surface area contributed by atoms with Crippen LogP contribution in [0.4, 0.5) is 4.39 Å². The molecule has 102 valence electrons. The van der Waals surface area contributed by atoms with Crippen LogP contribution in [-0.2, 0) is 6.42 Å². The largest absolute Gasteiger partial charge is 0.387 e. The first kappa shape index (κ1) is 14.4. The van der Waals surface area contributed by atoms with Crippen LogP contribution in [0.2, 0.25) is 5.02 Å². The van der Waals surface area contributed by atoms with Crippen LogP contribution in [0.3, 0.4) is 0 Å². The van der Waals surface area contributed by atoms with Gasteiger partial charge < -0.3 is 5.11 Å². The normalized spacial score (nSPS) is 12.9. The summed E-state index contributed by atoms with van der Waals surface area (Å²) in [6, 6.07) is 4.45. The molecular formula is C13H14ClFN2OS.